The van der Waals surface area contributed by atoms with Crippen molar-refractivity contribution in [2.45, 2.75) is 13.0 Å². The third-order valence-corrected chi connectivity index (χ3v) is 3.72. The highest BCUT2D eigenvalue weighted by Crippen LogP contribution is 2.28. The Hall–Kier alpha value is -2.67. The molecular weight excluding hydrogens is 339 g/mol. The lowest BCUT2D eigenvalue weighted by Gasteiger charge is -2.15. The first-order valence-corrected chi connectivity index (χ1v) is 7.29. The number of amides is 1. The quantitative estimate of drug-likeness (QED) is 0.653. The second-order valence-corrected chi connectivity index (χ2v) is 5.42. The fourth-order valence-electron chi connectivity index (χ4n) is 2.12. The van der Waals surface area contributed by atoms with Gasteiger partial charge in [0.2, 0.25) is 0 Å². The number of nitro groups is 1. The predicted octanol–water partition coefficient (Wildman–Crippen LogP) is 3.89. The van der Waals surface area contributed by atoms with Gasteiger partial charge in [-0.15, -0.1) is 0 Å². The number of nitrogens with one attached hydrogen (secondary N) is 1. The van der Waals surface area contributed by atoms with Crippen molar-refractivity contribution in [3.8, 4) is 5.75 Å². The van der Waals surface area contributed by atoms with Gasteiger partial charge in [0.1, 0.15) is 5.82 Å². The average Bonchev–Trinajstić information content (AvgIpc) is 2.56. The van der Waals surface area contributed by atoms with Crippen LogP contribution in [0.1, 0.15) is 28.9 Å². The number of carbonyl (C=O) groups is 1. The molecule has 0 spiro atoms. The summed E-state index contributed by atoms with van der Waals surface area (Å²) in [5.41, 5.74) is 0.419. The van der Waals surface area contributed by atoms with Gasteiger partial charge in [0, 0.05) is 11.6 Å². The van der Waals surface area contributed by atoms with Crippen LogP contribution in [0.2, 0.25) is 5.02 Å². The first-order valence-electron chi connectivity index (χ1n) is 6.91. The van der Waals surface area contributed by atoms with E-state index >= 15 is 0 Å². The monoisotopic (exact) mass is 352 g/mol. The van der Waals surface area contributed by atoms with E-state index < -0.39 is 22.7 Å². The van der Waals surface area contributed by atoms with E-state index in [0.717, 1.165) is 6.07 Å². The normalized spacial score (nSPS) is 11.7. The summed E-state index contributed by atoms with van der Waals surface area (Å²) in [7, 11) is 1.31. The van der Waals surface area contributed by atoms with Crippen LogP contribution in [0.3, 0.4) is 0 Å². The van der Waals surface area contributed by atoms with E-state index in [4.69, 9.17) is 16.3 Å². The topological polar surface area (TPSA) is 81.5 Å². The lowest BCUT2D eigenvalue weighted by Crippen LogP contribution is -2.26. The number of halogens is 2. The Morgan fingerprint density at radius 2 is 2.04 bits per heavy atom. The van der Waals surface area contributed by atoms with E-state index in [9.17, 15) is 19.3 Å². The zero-order chi connectivity index (χ0) is 17.9. The van der Waals surface area contributed by atoms with Crippen LogP contribution in [0.5, 0.6) is 5.75 Å². The molecule has 24 heavy (non-hydrogen) atoms. The van der Waals surface area contributed by atoms with Crippen LogP contribution in [0.15, 0.2) is 36.4 Å². The summed E-state index contributed by atoms with van der Waals surface area (Å²) in [6.07, 6.45) is 0. The first-order chi connectivity index (χ1) is 11.3. The molecular formula is C16H14ClFN2O4. The summed E-state index contributed by atoms with van der Waals surface area (Å²) < 4.78 is 18.1. The van der Waals surface area contributed by atoms with Crippen molar-refractivity contribution < 1.29 is 18.8 Å². The van der Waals surface area contributed by atoms with Gasteiger partial charge >= 0.3 is 5.69 Å². The molecule has 0 heterocycles. The molecule has 1 unspecified atom stereocenters. The summed E-state index contributed by atoms with van der Waals surface area (Å²) in [5.74, 6) is -0.992. The molecule has 0 saturated heterocycles. The van der Waals surface area contributed by atoms with E-state index in [1.165, 1.54) is 37.4 Å². The van der Waals surface area contributed by atoms with Crippen molar-refractivity contribution in [2.75, 3.05) is 7.11 Å². The molecule has 8 heteroatoms. The van der Waals surface area contributed by atoms with E-state index in [1.54, 1.807) is 6.92 Å². The average molecular weight is 353 g/mol. The molecule has 6 nitrogen and oxygen atoms in total. The fraction of sp³-hybridized carbons (Fsp3) is 0.188. The Balaban J connectivity index is 2.21. The third kappa shape index (κ3) is 3.80. The summed E-state index contributed by atoms with van der Waals surface area (Å²) in [4.78, 5) is 22.7. The molecule has 2 rings (SSSR count). The molecule has 2 aromatic carbocycles. The van der Waals surface area contributed by atoms with Gasteiger partial charge in [-0.2, -0.15) is 0 Å². The fourth-order valence-corrected chi connectivity index (χ4v) is 2.31. The van der Waals surface area contributed by atoms with Gasteiger partial charge in [-0.3, -0.25) is 14.9 Å². The van der Waals surface area contributed by atoms with Crippen molar-refractivity contribution >= 4 is 23.2 Å². The third-order valence-electron chi connectivity index (χ3n) is 3.43. The summed E-state index contributed by atoms with van der Waals surface area (Å²) >= 11 is 5.72. The molecule has 0 radical (unpaired) electrons. The molecule has 0 aliphatic rings. The van der Waals surface area contributed by atoms with Crippen LogP contribution in [-0.4, -0.2) is 17.9 Å². The maximum absolute atomic E-state index is 13.2. The summed E-state index contributed by atoms with van der Waals surface area (Å²) in [6.45, 7) is 1.69. The Kier molecular flexibility index (Phi) is 5.35. The van der Waals surface area contributed by atoms with Crippen LogP contribution >= 0.6 is 11.6 Å². The zero-order valence-electron chi connectivity index (χ0n) is 12.9. The van der Waals surface area contributed by atoms with Crippen molar-refractivity contribution in [3.05, 3.63) is 68.5 Å². The van der Waals surface area contributed by atoms with E-state index in [0.29, 0.717) is 5.56 Å². The van der Waals surface area contributed by atoms with Crippen molar-refractivity contribution in [2.24, 2.45) is 0 Å². The largest absolute Gasteiger partial charge is 0.490 e. The lowest BCUT2D eigenvalue weighted by atomic mass is 10.1. The zero-order valence-corrected chi connectivity index (χ0v) is 13.6. The van der Waals surface area contributed by atoms with Crippen LogP contribution in [-0.2, 0) is 0 Å². The number of nitrogens with zero attached hydrogens (tertiary/aromatic N) is 1. The minimum absolute atomic E-state index is 0.0475. The van der Waals surface area contributed by atoms with Gasteiger partial charge in [-0.05, 0) is 36.8 Å². The van der Waals surface area contributed by atoms with Gasteiger partial charge in [0.25, 0.3) is 5.91 Å². The Bertz CT molecular complexity index is 798. The predicted molar refractivity (Wildman–Crippen MR) is 86.9 cm³/mol. The molecule has 1 N–H and O–H groups in total. The molecule has 0 aliphatic heterocycles. The van der Waals surface area contributed by atoms with Gasteiger partial charge in [0.05, 0.1) is 23.1 Å². The molecule has 0 aliphatic carbocycles. The highest BCUT2D eigenvalue weighted by molar-refractivity contribution is 6.30. The van der Waals surface area contributed by atoms with Gasteiger partial charge < -0.3 is 10.1 Å². The maximum Gasteiger partial charge on any atom is 0.311 e. The number of ether oxygens (including phenoxy) is 1. The number of benzene rings is 2. The molecule has 0 fully saturated rings. The number of methoxy groups -OCH3 is 1. The van der Waals surface area contributed by atoms with Crippen molar-refractivity contribution in [1.29, 1.82) is 0 Å². The van der Waals surface area contributed by atoms with E-state index in [-0.39, 0.29) is 22.0 Å². The van der Waals surface area contributed by atoms with Crippen LogP contribution < -0.4 is 10.1 Å². The summed E-state index contributed by atoms with van der Waals surface area (Å²) in [5, 5.41) is 13.6. The first kappa shape index (κ1) is 17.7. The minimum atomic E-state index is -0.626. The molecule has 126 valence electrons. The Labute approximate surface area is 142 Å². The van der Waals surface area contributed by atoms with Crippen molar-refractivity contribution in [3.63, 3.8) is 0 Å². The van der Waals surface area contributed by atoms with E-state index in [2.05, 4.69) is 5.32 Å². The molecule has 0 aromatic heterocycles. The Morgan fingerprint density at radius 3 is 2.62 bits per heavy atom. The number of hydrogen-bond donors (Lipinski definition) is 1. The number of carbonyl (C=O) groups excluding carboxylic acids is 1. The molecule has 2 aromatic rings. The van der Waals surface area contributed by atoms with Gasteiger partial charge in [0.15, 0.2) is 5.75 Å². The number of nitro benzene ring substituents is 1. The Morgan fingerprint density at radius 1 is 1.33 bits per heavy atom. The second kappa shape index (κ2) is 7.27. The molecule has 0 saturated carbocycles. The van der Waals surface area contributed by atoms with Crippen molar-refractivity contribution in [1.82, 2.24) is 5.32 Å². The van der Waals surface area contributed by atoms with Crippen LogP contribution in [0, 0.1) is 15.9 Å². The van der Waals surface area contributed by atoms with Crippen LogP contribution in [0.4, 0.5) is 10.1 Å². The molecule has 0 bridgehead atoms. The standard InChI is InChI=1S/C16H14ClFN2O4/c1-9(10-3-5-13(18)12(17)7-10)19-16(21)11-4-6-15(24-2)14(8-11)20(22)23/h3-9H,1-2H3,(H,19,21). The van der Waals surface area contributed by atoms with Gasteiger partial charge in [-0.25, -0.2) is 4.39 Å². The lowest BCUT2D eigenvalue weighted by molar-refractivity contribution is -0.385. The summed E-state index contributed by atoms with van der Waals surface area (Å²) in [6, 6.07) is 7.58. The highest BCUT2D eigenvalue weighted by atomic mass is 35.5. The second-order valence-electron chi connectivity index (χ2n) is 5.01. The molecule has 1 atom stereocenters. The smallest absolute Gasteiger partial charge is 0.311 e. The highest BCUT2D eigenvalue weighted by Gasteiger charge is 2.19. The maximum atomic E-state index is 13.2. The van der Waals surface area contributed by atoms with E-state index in [1.807, 2.05) is 0 Å². The minimum Gasteiger partial charge on any atom is -0.490 e. The number of rotatable bonds is 5. The van der Waals surface area contributed by atoms with Crippen LogP contribution in [0.25, 0.3) is 0 Å². The SMILES string of the molecule is COc1ccc(C(=O)NC(C)c2ccc(F)c(Cl)c2)cc1[N+](=O)[O-]. The molecule has 1 amide bonds. The van der Waals surface area contributed by atoms with Gasteiger partial charge in [-0.1, -0.05) is 17.7 Å². The number of hydrogen-bond acceptors (Lipinski definition) is 4.